The van der Waals surface area contributed by atoms with Crippen LogP contribution in [0, 0.1) is 0 Å². The lowest BCUT2D eigenvalue weighted by molar-refractivity contribution is 0.174. The lowest BCUT2D eigenvalue weighted by atomic mass is 9.93. The second-order valence-electron chi connectivity index (χ2n) is 5.85. The Bertz CT molecular complexity index is 730. The highest BCUT2D eigenvalue weighted by molar-refractivity contribution is 5.77. The van der Waals surface area contributed by atoms with Crippen molar-refractivity contribution in [2.45, 2.75) is 19.3 Å². The van der Waals surface area contributed by atoms with Crippen LogP contribution in [0.4, 0.5) is 0 Å². The standard InChI is InChI=1S/C19H23NO4/c1-12(6-7-20)14-8-15(19(22-3)18(10-14)21-2)13-4-5-16-17(9-13)24-11-23-16/h4-5,8-10,12H,6-7,11,20H2,1-3H3. The van der Waals surface area contributed by atoms with Crippen LogP contribution in [0.1, 0.15) is 24.8 Å². The van der Waals surface area contributed by atoms with Crippen LogP contribution in [0.5, 0.6) is 23.0 Å². The Kier molecular flexibility index (Phi) is 4.81. The van der Waals surface area contributed by atoms with Gasteiger partial charge in [-0.2, -0.15) is 0 Å². The van der Waals surface area contributed by atoms with Crippen LogP contribution in [-0.2, 0) is 0 Å². The van der Waals surface area contributed by atoms with E-state index in [2.05, 4.69) is 13.0 Å². The van der Waals surface area contributed by atoms with E-state index in [1.165, 1.54) is 5.56 Å². The van der Waals surface area contributed by atoms with Crippen LogP contribution in [0.25, 0.3) is 11.1 Å². The molecule has 128 valence electrons. The number of rotatable bonds is 6. The zero-order chi connectivity index (χ0) is 17.1. The molecule has 2 aromatic carbocycles. The molecule has 0 spiro atoms. The fourth-order valence-electron chi connectivity index (χ4n) is 2.97. The van der Waals surface area contributed by atoms with E-state index >= 15 is 0 Å². The van der Waals surface area contributed by atoms with Crippen LogP contribution in [0.15, 0.2) is 30.3 Å². The van der Waals surface area contributed by atoms with Crippen molar-refractivity contribution in [1.82, 2.24) is 0 Å². The summed E-state index contributed by atoms with van der Waals surface area (Å²) in [4.78, 5) is 0. The molecule has 0 amide bonds. The van der Waals surface area contributed by atoms with Gasteiger partial charge in [0.1, 0.15) is 0 Å². The Morgan fingerprint density at radius 3 is 2.58 bits per heavy atom. The van der Waals surface area contributed by atoms with Crippen molar-refractivity contribution in [2.75, 3.05) is 27.6 Å². The monoisotopic (exact) mass is 329 g/mol. The van der Waals surface area contributed by atoms with E-state index in [-0.39, 0.29) is 6.79 Å². The predicted molar refractivity (Wildman–Crippen MR) is 93.2 cm³/mol. The van der Waals surface area contributed by atoms with Gasteiger partial charge in [0, 0.05) is 5.56 Å². The molecule has 3 rings (SSSR count). The van der Waals surface area contributed by atoms with E-state index in [4.69, 9.17) is 24.7 Å². The van der Waals surface area contributed by atoms with Crippen molar-refractivity contribution in [3.05, 3.63) is 35.9 Å². The number of methoxy groups -OCH3 is 2. The minimum absolute atomic E-state index is 0.257. The Morgan fingerprint density at radius 2 is 1.88 bits per heavy atom. The van der Waals surface area contributed by atoms with Crippen molar-refractivity contribution in [1.29, 1.82) is 0 Å². The Morgan fingerprint density at radius 1 is 1.08 bits per heavy atom. The van der Waals surface area contributed by atoms with Gasteiger partial charge in [0.25, 0.3) is 0 Å². The zero-order valence-corrected chi connectivity index (χ0v) is 14.3. The van der Waals surface area contributed by atoms with Gasteiger partial charge in [0.2, 0.25) is 6.79 Å². The third-order valence-electron chi connectivity index (χ3n) is 4.35. The molecule has 0 aliphatic carbocycles. The second kappa shape index (κ2) is 7.01. The van der Waals surface area contributed by atoms with Crippen LogP contribution in [0.3, 0.4) is 0 Å². The number of nitrogens with two attached hydrogens (primary N) is 1. The summed E-state index contributed by atoms with van der Waals surface area (Å²) >= 11 is 0. The fraction of sp³-hybridized carbons (Fsp3) is 0.368. The molecule has 5 heteroatoms. The Balaban J connectivity index is 2.12. The first kappa shape index (κ1) is 16.5. The first-order valence-electron chi connectivity index (χ1n) is 8.04. The fourth-order valence-corrected chi connectivity index (χ4v) is 2.97. The number of hydrogen-bond donors (Lipinski definition) is 1. The first-order chi connectivity index (χ1) is 11.7. The average Bonchev–Trinajstić information content (AvgIpc) is 3.08. The van der Waals surface area contributed by atoms with E-state index in [0.29, 0.717) is 24.0 Å². The summed E-state index contributed by atoms with van der Waals surface area (Å²) in [5, 5.41) is 0. The van der Waals surface area contributed by atoms with Gasteiger partial charge < -0.3 is 24.7 Å². The second-order valence-corrected chi connectivity index (χ2v) is 5.85. The molecular formula is C19H23NO4. The van der Waals surface area contributed by atoms with Gasteiger partial charge in [-0.3, -0.25) is 0 Å². The third-order valence-corrected chi connectivity index (χ3v) is 4.35. The highest BCUT2D eigenvalue weighted by atomic mass is 16.7. The SMILES string of the molecule is COc1cc(C(C)CCN)cc(-c2ccc3c(c2)OCO3)c1OC. The van der Waals surface area contributed by atoms with Gasteiger partial charge in [-0.1, -0.05) is 13.0 Å². The van der Waals surface area contributed by atoms with Gasteiger partial charge in [-0.25, -0.2) is 0 Å². The van der Waals surface area contributed by atoms with Crippen molar-refractivity contribution >= 4 is 0 Å². The number of fused-ring (bicyclic) bond motifs is 1. The summed E-state index contributed by atoms with van der Waals surface area (Å²) in [5.41, 5.74) is 8.85. The summed E-state index contributed by atoms with van der Waals surface area (Å²) in [6.07, 6.45) is 0.913. The van der Waals surface area contributed by atoms with Gasteiger partial charge >= 0.3 is 0 Å². The van der Waals surface area contributed by atoms with Crippen molar-refractivity contribution in [3.8, 4) is 34.1 Å². The van der Waals surface area contributed by atoms with E-state index < -0.39 is 0 Å². The lowest BCUT2D eigenvalue weighted by Gasteiger charge is -2.18. The topological polar surface area (TPSA) is 62.9 Å². The third kappa shape index (κ3) is 2.99. The summed E-state index contributed by atoms with van der Waals surface area (Å²) < 4.78 is 22.1. The summed E-state index contributed by atoms with van der Waals surface area (Å²) in [5.74, 6) is 3.26. The molecule has 0 fully saturated rings. The molecule has 1 atom stereocenters. The molecular weight excluding hydrogens is 306 g/mol. The average molecular weight is 329 g/mol. The highest BCUT2D eigenvalue weighted by Gasteiger charge is 2.20. The van der Waals surface area contributed by atoms with Gasteiger partial charge in [0.05, 0.1) is 14.2 Å². The molecule has 1 unspecified atom stereocenters. The maximum atomic E-state index is 5.72. The van der Waals surface area contributed by atoms with Gasteiger partial charge in [-0.05, 0) is 54.3 Å². The molecule has 1 aliphatic heterocycles. The van der Waals surface area contributed by atoms with Crippen LogP contribution >= 0.6 is 0 Å². The van der Waals surface area contributed by atoms with Crippen LogP contribution < -0.4 is 24.7 Å². The molecule has 1 aliphatic rings. The molecule has 0 aromatic heterocycles. The number of ether oxygens (including phenoxy) is 4. The van der Waals surface area contributed by atoms with Gasteiger partial charge in [-0.15, -0.1) is 0 Å². The summed E-state index contributed by atoms with van der Waals surface area (Å²) in [6, 6.07) is 10.0. The van der Waals surface area contributed by atoms with Crippen molar-refractivity contribution < 1.29 is 18.9 Å². The summed E-state index contributed by atoms with van der Waals surface area (Å²) in [7, 11) is 3.30. The molecule has 1 heterocycles. The first-order valence-corrected chi connectivity index (χ1v) is 8.04. The number of hydrogen-bond acceptors (Lipinski definition) is 5. The maximum Gasteiger partial charge on any atom is 0.231 e. The Hall–Kier alpha value is -2.40. The maximum absolute atomic E-state index is 5.72. The molecule has 2 N–H and O–H groups in total. The van der Waals surface area contributed by atoms with E-state index in [1.807, 2.05) is 24.3 Å². The van der Waals surface area contributed by atoms with Crippen LogP contribution in [-0.4, -0.2) is 27.6 Å². The molecule has 0 saturated carbocycles. The summed E-state index contributed by atoms with van der Waals surface area (Å²) in [6.45, 7) is 3.07. The number of benzene rings is 2. The van der Waals surface area contributed by atoms with Crippen LogP contribution in [0.2, 0.25) is 0 Å². The molecule has 0 radical (unpaired) electrons. The molecule has 0 saturated heterocycles. The lowest BCUT2D eigenvalue weighted by Crippen LogP contribution is -2.05. The molecule has 24 heavy (non-hydrogen) atoms. The van der Waals surface area contributed by atoms with Crippen molar-refractivity contribution in [2.24, 2.45) is 5.73 Å². The minimum atomic E-state index is 0.257. The molecule has 5 nitrogen and oxygen atoms in total. The van der Waals surface area contributed by atoms with Gasteiger partial charge in [0.15, 0.2) is 23.0 Å². The highest BCUT2D eigenvalue weighted by Crippen LogP contribution is 2.44. The molecule has 0 bridgehead atoms. The predicted octanol–water partition coefficient (Wildman–Crippen LogP) is 3.55. The molecule has 2 aromatic rings. The normalized spacial score (nSPS) is 13.7. The van der Waals surface area contributed by atoms with E-state index in [1.54, 1.807) is 14.2 Å². The Labute approximate surface area is 142 Å². The quantitative estimate of drug-likeness (QED) is 0.878. The smallest absolute Gasteiger partial charge is 0.231 e. The largest absolute Gasteiger partial charge is 0.493 e. The zero-order valence-electron chi connectivity index (χ0n) is 14.3. The van der Waals surface area contributed by atoms with Crippen molar-refractivity contribution in [3.63, 3.8) is 0 Å². The van der Waals surface area contributed by atoms with E-state index in [0.717, 1.165) is 29.0 Å². The minimum Gasteiger partial charge on any atom is -0.493 e. The van der Waals surface area contributed by atoms with E-state index in [9.17, 15) is 0 Å².